The molecule has 0 aliphatic carbocycles. The van der Waals surface area contributed by atoms with Gasteiger partial charge in [-0.15, -0.1) is 10.2 Å². The monoisotopic (exact) mass is 391 g/mol. The Morgan fingerprint density at radius 3 is 2.65 bits per heavy atom. The van der Waals surface area contributed by atoms with Gasteiger partial charge >= 0.3 is 0 Å². The van der Waals surface area contributed by atoms with E-state index in [2.05, 4.69) is 41.4 Å². The van der Waals surface area contributed by atoms with E-state index in [1.165, 1.54) is 0 Å². The van der Waals surface area contributed by atoms with E-state index >= 15 is 0 Å². The van der Waals surface area contributed by atoms with Crippen LogP contribution in [0.3, 0.4) is 0 Å². The average molecular weight is 392 g/mol. The largest absolute Gasteiger partial charge is 0.411 e. The molecule has 0 aliphatic heterocycles. The van der Waals surface area contributed by atoms with Crippen molar-refractivity contribution >= 4 is 39.5 Å². The minimum absolute atomic E-state index is 0.125. The minimum Gasteiger partial charge on any atom is -0.411 e. The first-order chi connectivity index (χ1) is 11.2. The molecule has 1 N–H and O–H groups in total. The molecule has 0 radical (unpaired) electrons. The van der Waals surface area contributed by atoms with Crippen molar-refractivity contribution in [2.45, 2.75) is 5.22 Å². The van der Waals surface area contributed by atoms with Gasteiger partial charge in [-0.1, -0.05) is 27.7 Å². The number of nitrogens with zero attached hydrogens (tertiary/aromatic N) is 4. The molecular formula is C14H10BrN5O2S. The summed E-state index contributed by atoms with van der Waals surface area (Å²) in [4.78, 5) is 19.6. The maximum Gasteiger partial charge on any atom is 0.277 e. The number of halogens is 1. The number of anilines is 1. The molecule has 7 nitrogen and oxygen atoms in total. The lowest BCUT2D eigenvalue weighted by molar-refractivity contribution is -0.113. The number of aromatic nitrogens is 4. The number of carbonyl (C=O) groups excluding carboxylic acids is 1. The van der Waals surface area contributed by atoms with Crippen molar-refractivity contribution < 1.29 is 9.21 Å². The van der Waals surface area contributed by atoms with E-state index in [-0.39, 0.29) is 17.6 Å². The number of hydrogen-bond donors (Lipinski definition) is 1. The summed E-state index contributed by atoms with van der Waals surface area (Å²) in [5.41, 5.74) is 0.815. The van der Waals surface area contributed by atoms with Crippen molar-refractivity contribution in [3.63, 3.8) is 0 Å². The van der Waals surface area contributed by atoms with Gasteiger partial charge in [0.25, 0.3) is 5.22 Å². The standard InChI is InChI=1S/C14H10BrN5O2S/c15-10-4-2-9(3-5-10)12-19-20-14(22-12)23-8-11(21)18-13-16-6-1-7-17-13/h1-7H,8H2,(H,16,17,18,21). The molecule has 23 heavy (non-hydrogen) atoms. The summed E-state index contributed by atoms with van der Waals surface area (Å²) in [6, 6.07) is 9.18. The number of nitrogens with one attached hydrogen (secondary N) is 1. The molecule has 0 aliphatic rings. The lowest BCUT2D eigenvalue weighted by atomic mass is 10.2. The Bertz CT molecular complexity index is 794. The molecular weight excluding hydrogens is 382 g/mol. The topological polar surface area (TPSA) is 93.8 Å². The van der Waals surface area contributed by atoms with E-state index in [1.54, 1.807) is 18.5 Å². The molecule has 0 fully saturated rings. The van der Waals surface area contributed by atoms with Crippen molar-refractivity contribution in [1.29, 1.82) is 0 Å². The summed E-state index contributed by atoms with van der Waals surface area (Å²) in [6.07, 6.45) is 3.11. The highest BCUT2D eigenvalue weighted by Gasteiger charge is 2.11. The van der Waals surface area contributed by atoms with Crippen LogP contribution in [0, 0.1) is 0 Å². The van der Waals surface area contributed by atoms with Crippen LogP contribution < -0.4 is 5.32 Å². The second kappa shape index (κ2) is 7.34. The van der Waals surface area contributed by atoms with Crippen LogP contribution in [-0.4, -0.2) is 31.8 Å². The normalized spacial score (nSPS) is 10.5. The average Bonchev–Trinajstić information content (AvgIpc) is 3.04. The minimum atomic E-state index is -0.246. The van der Waals surface area contributed by atoms with Crippen LogP contribution in [0.2, 0.25) is 0 Å². The molecule has 2 aromatic heterocycles. The summed E-state index contributed by atoms with van der Waals surface area (Å²) in [6.45, 7) is 0. The van der Waals surface area contributed by atoms with E-state index in [1.807, 2.05) is 24.3 Å². The number of rotatable bonds is 5. The molecule has 3 aromatic rings. The summed E-state index contributed by atoms with van der Waals surface area (Å²) in [5.74, 6) is 0.552. The van der Waals surface area contributed by atoms with Gasteiger partial charge in [0, 0.05) is 22.4 Å². The number of benzene rings is 1. The van der Waals surface area contributed by atoms with Gasteiger partial charge in [0.2, 0.25) is 17.7 Å². The van der Waals surface area contributed by atoms with Gasteiger partial charge in [0.15, 0.2) is 0 Å². The van der Waals surface area contributed by atoms with Gasteiger partial charge in [0.05, 0.1) is 5.75 Å². The van der Waals surface area contributed by atoms with Crippen LogP contribution in [-0.2, 0) is 4.79 Å². The highest BCUT2D eigenvalue weighted by molar-refractivity contribution is 9.10. The Balaban J connectivity index is 1.57. The fraction of sp³-hybridized carbons (Fsp3) is 0.0714. The zero-order chi connectivity index (χ0) is 16.1. The van der Waals surface area contributed by atoms with Crippen LogP contribution in [0.15, 0.2) is 56.8 Å². The van der Waals surface area contributed by atoms with Crippen molar-refractivity contribution in [3.8, 4) is 11.5 Å². The molecule has 0 bridgehead atoms. The van der Waals surface area contributed by atoms with Crippen LogP contribution in [0.25, 0.3) is 11.5 Å². The van der Waals surface area contributed by atoms with Crippen LogP contribution in [0.1, 0.15) is 0 Å². The zero-order valence-electron chi connectivity index (χ0n) is 11.6. The van der Waals surface area contributed by atoms with Crippen molar-refractivity contribution in [1.82, 2.24) is 20.2 Å². The first kappa shape index (κ1) is 15.6. The summed E-state index contributed by atoms with van der Waals surface area (Å²) < 4.78 is 6.49. The van der Waals surface area contributed by atoms with Crippen molar-refractivity contribution in [3.05, 3.63) is 47.2 Å². The Morgan fingerprint density at radius 1 is 1.17 bits per heavy atom. The van der Waals surface area contributed by atoms with Crippen molar-refractivity contribution in [2.24, 2.45) is 0 Å². The molecule has 0 unspecified atom stereocenters. The number of hydrogen-bond acceptors (Lipinski definition) is 7. The molecule has 0 saturated heterocycles. The lowest BCUT2D eigenvalue weighted by Gasteiger charge is -2.00. The smallest absolute Gasteiger partial charge is 0.277 e. The van der Waals surface area contributed by atoms with Gasteiger partial charge in [0.1, 0.15) is 0 Å². The van der Waals surface area contributed by atoms with Gasteiger partial charge in [-0.05, 0) is 30.3 Å². The lowest BCUT2D eigenvalue weighted by Crippen LogP contribution is -2.15. The first-order valence-electron chi connectivity index (χ1n) is 6.50. The predicted octanol–water partition coefficient (Wildman–Crippen LogP) is 3.02. The van der Waals surface area contributed by atoms with Crippen molar-refractivity contribution in [2.75, 3.05) is 11.1 Å². The highest BCUT2D eigenvalue weighted by Crippen LogP contribution is 2.24. The summed E-state index contributed by atoms with van der Waals surface area (Å²) in [5, 5.41) is 10.8. The van der Waals surface area contributed by atoms with Gasteiger partial charge in [-0.25, -0.2) is 9.97 Å². The quantitative estimate of drug-likeness (QED) is 0.667. The second-order valence-corrected chi connectivity index (χ2v) is 6.13. The predicted molar refractivity (Wildman–Crippen MR) is 88.8 cm³/mol. The summed E-state index contributed by atoms with van der Waals surface area (Å²) >= 11 is 4.52. The number of carbonyl (C=O) groups is 1. The molecule has 1 amide bonds. The van der Waals surface area contributed by atoms with E-state index in [9.17, 15) is 4.79 Å². The number of amides is 1. The van der Waals surface area contributed by atoms with Crippen LogP contribution in [0.4, 0.5) is 5.95 Å². The van der Waals surface area contributed by atoms with E-state index < -0.39 is 0 Å². The number of thioether (sulfide) groups is 1. The second-order valence-electron chi connectivity index (χ2n) is 4.29. The fourth-order valence-electron chi connectivity index (χ4n) is 1.63. The van der Waals surface area contributed by atoms with E-state index in [0.717, 1.165) is 21.8 Å². The third kappa shape index (κ3) is 4.36. The summed E-state index contributed by atoms with van der Waals surface area (Å²) in [7, 11) is 0. The van der Waals surface area contributed by atoms with E-state index in [0.29, 0.717) is 11.1 Å². The molecule has 2 heterocycles. The Hall–Kier alpha value is -2.26. The van der Waals surface area contributed by atoms with Crippen LogP contribution >= 0.6 is 27.7 Å². The van der Waals surface area contributed by atoms with Crippen LogP contribution in [0.5, 0.6) is 0 Å². The Kier molecular flexibility index (Phi) is 4.99. The van der Waals surface area contributed by atoms with Gasteiger partial charge < -0.3 is 4.42 Å². The third-order valence-electron chi connectivity index (χ3n) is 2.64. The van der Waals surface area contributed by atoms with Gasteiger partial charge in [-0.2, -0.15) is 0 Å². The fourth-order valence-corrected chi connectivity index (χ4v) is 2.46. The highest BCUT2D eigenvalue weighted by atomic mass is 79.9. The van der Waals surface area contributed by atoms with Gasteiger partial charge in [-0.3, -0.25) is 10.1 Å². The zero-order valence-corrected chi connectivity index (χ0v) is 14.0. The maximum absolute atomic E-state index is 11.8. The molecule has 9 heteroatoms. The molecule has 3 rings (SSSR count). The van der Waals surface area contributed by atoms with E-state index in [4.69, 9.17) is 4.42 Å². The molecule has 0 saturated carbocycles. The first-order valence-corrected chi connectivity index (χ1v) is 8.28. The third-order valence-corrected chi connectivity index (χ3v) is 3.99. The Morgan fingerprint density at radius 2 is 1.91 bits per heavy atom. The molecule has 116 valence electrons. The Labute approximate surface area is 144 Å². The molecule has 1 aromatic carbocycles. The molecule has 0 atom stereocenters. The SMILES string of the molecule is O=C(CSc1nnc(-c2ccc(Br)cc2)o1)Nc1ncccn1. The maximum atomic E-state index is 11.8. The molecule has 0 spiro atoms.